The summed E-state index contributed by atoms with van der Waals surface area (Å²) in [5, 5.41) is 0. The van der Waals surface area contributed by atoms with Gasteiger partial charge in [-0.15, -0.1) is 0 Å². The lowest BCUT2D eigenvalue weighted by molar-refractivity contribution is -0.291. The fourth-order valence-electron chi connectivity index (χ4n) is 1.56. The van der Waals surface area contributed by atoms with Gasteiger partial charge in [0.25, 0.3) is 0 Å². The predicted molar refractivity (Wildman–Crippen MR) is 64.5 cm³/mol. The van der Waals surface area contributed by atoms with Gasteiger partial charge in [-0.25, -0.2) is 5.90 Å². The van der Waals surface area contributed by atoms with E-state index in [0.717, 1.165) is 0 Å². The van der Waals surface area contributed by atoms with Gasteiger partial charge in [-0.3, -0.25) is 4.84 Å². The summed E-state index contributed by atoms with van der Waals surface area (Å²) in [6.45, 7) is 6.45. The molecule has 1 aliphatic rings. The lowest BCUT2D eigenvalue weighted by Crippen LogP contribution is -2.64. The van der Waals surface area contributed by atoms with E-state index in [2.05, 4.69) is 10.7 Å². The van der Waals surface area contributed by atoms with Crippen LogP contribution in [0.25, 0.3) is 0 Å². The second kappa shape index (κ2) is 5.90. The van der Waals surface area contributed by atoms with Crippen LogP contribution in [0.4, 0.5) is 26.3 Å². The van der Waals surface area contributed by atoms with Gasteiger partial charge < -0.3 is 0 Å². The van der Waals surface area contributed by atoms with Crippen molar-refractivity contribution in [2.24, 2.45) is 5.90 Å². The number of halogens is 6. The molecule has 1 saturated heterocycles. The van der Waals surface area contributed by atoms with E-state index >= 15 is 0 Å². The first-order chi connectivity index (χ1) is 8.40. The van der Waals surface area contributed by atoms with Gasteiger partial charge in [0.05, 0.1) is 4.75 Å². The van der Waals surface area contributed by atoms with E-state index in [1.807, 2.05) is 13.8 Å². The molecular weight excluding hydrogens is 316 g/mol. The van der Waals surface area contributed by atoms with E-state index in [1.54, 1.807) is 0 Å². The van der Waals surface area contributed by atoms with Crippen molar-refractivity contribution >= 4 is 21.6 Å². The summed E-state index contributed by atoms with van der Waals surface area (Å²) in [6, 6.07) is 0. The lowest BCUT2D eigenvalue weighted by Gasteiger charge is -2.38. The van der Waals surface area contributed by atoms with E-state index in [0.29, 0.717) is 10.8 Å². The van der Waals surface area contributed by atoms with Crippen LogP contribution in [0.1, 0.15) is 27.7 Å². The summed E-state index contributed by atoms with van der Waals surface area (Å²) in [5.74, 6) is 4.65. The Labute approximate surface area is 115 Å². The topological polar surface area (TPSA) is 35.2 Å². The molecule has 1 fully saturated rings. The minimum Gasteiger partial charge on any atom is -0.298 e. The Morgan fingerprint density at radius 2 is 1.32 bits per heavy atom. The van der Waals surface area contributed by atoms with Gasteiger partial charge >= 0.3 is 12.4 Å². The fraction of sp³-hybridized carbons (Fsp3) is 1.00. The van der Waals surface area contributed by atoms with Crippen molar-refractivity contribution < 1.29 is 31.2 Å². The summed E-state index contributed by atoms with van der Waals surface area (Å²) in [5.41, 5.74) is 0. The van der Waals surface area contributed by atoms with Gasteiger partial charge in [0, 0.05) is 0 Å². The molecule has 19 heavy (non-hydrogen) atoms. The van der Waals surface area contributed by atoms with Crippen LogP contribution >= 0.6 is 21.6 Å². The van der Waals surface area contributed by atoms with Crippen molar-refractivity contribution in [3.05, 3.63) is 0 Å². The zero-order chi connectivity index (χ0) is 15.7. The molecule has 116 valence electrons. The molecule has 0 aliphatic carbocycles. The van der Waals surface area contributed by atoms with E-state index < -0.39 is 28.0 Å². The van der Waals surface area contributed by atoms with Gasteiger partial charge in [-0.05, 0) is 13.8 Å². The molecule has 10 heteroatoms. The average molecular weight is 331 g/mol. The molecule has 0 saturated carbocycles. The van der Waals surface area contributed by atoms with Crippen LogP contribution < -0.4 is 5.90 Å². The number of hydrogen-bond donors (Lipinski definition) is 1. The summed E-state index contributed by atoms with van der Waals surface area (Å²) in [6.07, 6.45) is -13.2. The van der Waals surface area contributed by atoms with E-state index in [1.165, 1.54) is 13.8 Å². The maximum absolute atomic E-state index is 12.8. The summed E-state index contributed by atoms with van der Waals surface area (Å²) < 4.78 is 71.4. The Hall–Kier alpha value is 0.200. The molecule has 0 radical (unpaired) electrons. The van der Waals surface area contributed by atoms with E-state index in [4.69, 9.17) is 0 Å². The molecular formula is C9H15F6NOS2. The Bertz CT molecular complexity index is 290. The Morgan fingerprint density at radius 3 is 1.53 bits per heavy atom. The highest BCUT2D eigenvalue weighted by Crippen LogP contribution is 2.68. The van der Waals surface area contributed by atoms with E-state index in [9.17, 15) is 26.3 Å². The summed E-state index contributed by atoms with van der Waals surface area (Å²) >= 11 is 0. The minimum atomic E-state index is -5.50. The molecule has 1 rings (SSSR count). The van der Waals surface area contributed by atoms with Crippen LogP contribution in [0.3, 0.4) is 0 Å². The van der Waals surface area contributed by atoms with Crippen molar-refractivity contribution in [2.45, 2.75) is 55.6 Å². The molecule has 0 spiro atoms. The Morgan fingerprint density at radius 1 is 0.947 bits per heavy atom. The highest BCUT2D eigenvalue weighted by atomic mass is 33.1. The molecule has 1 heterocycles. The number of hydrogen-bond acceptors (Lipinski definition) is 4. The van der Waals surface area contributed by atoms with Crippen molar-refractivity contribution in [2.75, 3.05) is 0 Å². The number of rotatable bonds is 1. The van der Waals surface area contributed by atoms with Gasteiger partial charge in [0.2, 0.25) is 4.75 Å². The first-order valence-corrected chi connectivity index (χ1v) is 7.41. The van der Waals surface area contributed by atoms with Gasteiger partial charge in [-0.1, -0.05) is 35.4 Å². The lowest BCUT2D eigenvalue weighted by atomic mass is 9.90. The molecule has 0 aromatic carbocycles. The molecule has 1 unspecified atom stereocenters. The molecule has 0 bridgehead atoms. The SMILES string of the molecule is CC.CC1(C)SSC(C(F)(F)F)(C(F)(F)F)C1ON. The van der Waals surface area contributed by atoms with Gasteiger partial charge in [0.15, 0.2) is 0 Å². The number of alkyl halides is 6. The highest BCUT2D eigenvalue weighted by Gasteiger charge is 2.81. The summed E-state index contributed by atoms with van der Waals surface area (Å²) in [4.78, 5) is 4.01. The molecule has 0 aromatic heterocycles. The molecule has 0 amide bonds. The van der Waals surface area contributed by atoms with Crippen LogP contribution in [0.15, 0.2) is 0 Å². The van der Waals surface area contributed by atoms with Crippen molar-refractivity contribution in [1.82, 2.24) is 0 Å². The van der Waals surface area contributed by atoms with E-state index in [-0.39, 0.29) is 10.8 Å². The second-order valence-corrected chi connectivity index (χ2v) is 7.05. The zero-order valence-electron chi connectivity index (χ0n) is 10.6. The summed E-state index contributed by atoms with van der Waals surface area (Å²) in [7, 11) is 0.170. The normalized spacial score (nSPS) is 25.7. The standard InChI is InChI=1S/C7H9F6NOS2.C2H6/c1-4(2)3(15-14)5(17-16-4,6(8,9)10)7(11,12)13;1-2/h3H,14H2,1-2H3;1-2H3. The maximum Gasteiger partial charge on any atom is 0.415 e. The molecule has 1 aliphatic heterocycles. The third kappa shape index (κ3) is 3.11. The predicted octanol–water partition coefficient (Wildman–Crippen LogP) is 4.31. The third-order valence-corrected chi connectivity index (χ3v) is 6.36. The molecule has 2 nitrogen and oxygen atoms in total. The molecule has 0 aromatic rings. The largest absolute Gasteiger partial charge is 0.415 e. The molecule has 2 N–H and O–H groups in total. The second-order valence-electron chi connectivity index (χ2n) is 4.02. The monoisotopic (exact) mass is 331 g/mol. The Balaban J connectivity index is 0.00000154. The number of nitrogens with two attached hydrogens (primary N) is 1. The minimum absolute atomic E-state index is 0.295. The third-order valence-electron chi connectivity index (χ3n) is 2.37. The first-order valence-electron chi connectivity index (χ1n) is 5.26. The van der Waals surface area contributed by atoms with Crippen LogP contribution in [-0.2, 0) is 4.84 Å². The quantitative estimate of drug-likeness (QED) is 0.441. The van der Waals surface area contributed by atoms with Crippen molar-refractivity contribution in [3.63, 3.8) is 0 Å². The smallest absolute Gasteiger partial charge is 0.298 e. The van der Waals surface area contributed by atoms with Crippen molar-refractivity contribution in [1.29, 1.82) is 0 Å². The Kier molecular flexibility index (Phi) is 5.97. The zero-order valence-corrected chi connectivity index (χ0v) is 12.3. The van der Waals surface area contributed by atoms with Crippen LogP contribution in [0, 0.1) is 0 Å². The van der Waals surface area contributed by atoms with Crippen molar-refractivity contribution in [3.8, 4) is 0 Å². The fourth-order valence-corrected chi connectivity index (χ4v) is 5.06. The van der Waals surface area contributed by atoms with Gasteiger partial charge in [-0.2, -0.15) is 26.3 Å². The maximum atomic E-state index is 12.8. The van der Waals surface area contributed by atoms with Crippen LogP contribution in [0.2, 0.25) is 0 Å². The van der Waals surface area contributed by atoms with Crippen LogP contribution in [-0.4, -0.2) is 28.0 Å². The first kappa shape index (κ1) is 19.2. The average Bonchev–Trinajstić information content (AvgIpc) is 2.51. The molecule has 1 atom stereocenters. The van der Waals surface area contributed by atoms with Gasteiger partial charge in [0.1, 0.15) is 6.10 Å². The highest BCUT2D eigenvalue weighted by molar-refractivity contribution is 8.78. The van der Waals surface area contributed by atoms with Crippen LogP contribution in [0.5, 0.6) is 0 Å².